The first-order chi connectivity index (χ1) is 12.2. The molecular weight excluding hydrogens is 400 g/mol. The van der Waals surface area contributed by atoms with Crippen molar-refractivity contribution in [3.63, 3.8) is 0 Å². The highest BCUT2D eigenvalue weighted by Crippen LogP contribution is 2.45. The zero-order valence-electron chi connectivity index (χ0n) is 13.6. The van der Waals surface area contributed by atoms with Crippen molar-refractivity contribution in [2.75, 3.05) is 16.7 Å². The second-order valence-electron chi connectivity index (χ2n) is 5.69. The van der Waals surface area contributed by atoms with Crippen LogP contribution in [0.15, 0.2) is 57.4 Å². The molecule has 0 fully saturated rings. The Balaban J connectivity index is 1.85. The Bertz CT molecular complexity index is 1000. The molecule has 138 valence electrons. The molecule has 1 heterocycles. The first-order valence-corrected chi connectivity index (χ1v) is 11.0. The van der Waals surface area contributed by atoms with Crippen molar-refractivity contribution in [3.05, 3.63) is 58.2 Å². The van der Waals surface area contributed by atoms with Gasteiger partial charge in [-0.2, -0.15) is 0 Å². The normalized spacial score (nSPS) is 20.4. The number of rotatable bonds is 5. The van der Waals surface area contributed by atoms with Crippen LogP contribution in [0, 0.1) is 0 Å². The summed E-state index contributed by atoms with van der Waals surface area (Å²) in [6, 6.07) is 6.60. The number of nitrogens with one attached hydrogen (secondary N) is 1. The molecule has 2 aromatic rings. The lowest BCUT2D eigenvalue weighted by atomic mass is 9.94. The van der Waals surface area contributed by atoms with E-state index < -0.39 is 27.9 Å². The number of aromatic nitrogens is 1. The number of para-hydroxylation sites is 1. The zero-order valence-corrected chi connectivity index (χ0v) is 16.0. The number of sulfonamides is 1. The second-order valence-corrected chi connectivity index (χ2v) is 9.41. The molecule has 0 spiro atoms. The van der Waals surface area contributed by atoms with Gasteiger partial charge in [0, 0.05) is 21.6 Å². The van der Waals surface area contributed by atoms with E-state index in [0.717, 1.165) is 29.4 Å². The summed E-state index contributed by atoms with van der Waals surface area (Å²) in [6.45, 7) is 0. The van der Waals surface area contributed by atoms with Gasteiger partial charge in [-0.1, -0.05) is 23.9 Å². The Morgan fingerprint density at radius 1 is 1.38 bits per heavy atom. The van der Waals surface area contributed by atoms with Gasteiger partial charge < -0.3 is 5.73 Å². The Kier molecular flexibility index (Phi) is 5.09. The van der Waals surface area contributed by atoms with Crippen LogP contribution in [0.4, 0.5) is 19.6 Å². The van der Waals surface area contributed by atoms with Crippen LogP contribution < -0.4 is 10.5 Å². The Morgan fingerprint density at radius 2 is 2.12 bits per heavy atom. The molecule has 0 radical (unpaired) electrons. The van der Waals surface area contributed by atoms with Crippen molar-refractivity contribution in [1.82, 2.24) is 4.98 Å². The van der Waals surface area contributed by atoms with Crippen LogP contribution in [0.2, 0.25) is 0 Å². The van der Waals surface area contributed by atoms with E-state index in [-0.39, 0.29) is 15.7 Å². The quantitative estimate of drug-likeness (QED) is 0.765. The number of nitrogens with zero attached hydrogens (tertiary/aromatic N) is 1. The molecule has 1 aliphatic carbocycles. The monoisotopic (exact) mass is 415 g/mol. The number of benzene rings is 1. The fraction of sp³-hybridized carbons (Fsp3) is 0.188. The summed E-state index contributed by atoms with van der Waals surface area (Å²) >= 11 is 2.12. The van der Waals surface area contributed by atoms with Crippen LogP contribution in [0.3, 0.4) is 0 Å². The molecule has 1 aromatic carbocycles. The lowest BCUT2D eigenvalue weighted by Gasteiger charge is -2.23. The minimum absolute atomic E-state index is 0.0783. The van der Waals surface area contributed by atoms with Gasteiger partial charge in [-0.05, 0) is 24.3 Å². The number of nitrogens with two attached hydrogens (primary N) is 1. The van der Waals surface area contributed by atoms with Gasteiger partial charge in [-0.15, -0.1) is 11.3 Å². The molecule has 3 rings (SSSR count). The number of alkyl halides is 1. The van der Waals surface area contributed by atoms with Crippen LogP contribution in [-0.2, 0) is 15.7 Å². The van der Waals surface area contributed by atoms with Crippen molar-refractivity contribution in [1.29, 1.82) is 0 Å². The van der Waals surface area contributed by atoms with Crippen LogP contribution >= 0.6 is 23.1 Å². The first kappa shape index (κ1) is 18.9. The van der Waals surface area contributed by atoms with Crippen molar-refractivity contribution >= 4 is 43.9 Å². The summed E-state index contributed by atoms with van der Waals surface area (Å²) in [5.41, 5.74) is 3.89. The van der Waals surface area contributed by atoms with Crippen LogP contribution in [0.25, 0.3) is 0 Å². The van der Waals surface area contributed by atoms with Crippen LogP contribution in [0.5, 0.6) is 0 Å². The molecule has 10 heteroatoms. The minimum atomic E-state index is -3.48. The van der Waals surface area contributed by atoms with E-state index in [0.29, 0.717) is 10.6 Å². The highest BCUT2D eigenvalue weighted by atomic mass is 32.2. The number of halogens is 2. The Labute approximate surface area is 158 Å². The maximum Gasteiger partial charge on any atom is 0.229 e. The predicted octanol–water partition coefficient (Wildman–Crippen LogP) is 4.19. The largest absolute Gasteiger partial charge is 0.375 e. The lowest BCUT2D eigenvalue weighted by Crippen LogP contribution is -2.20. The van der Waals surface area contributed by atoms with E-state index in [9.17, 15) is 12.8 Å². The Morgan fingerprint density at radius 3 is 2.73 bits per heavy atom. The predicted molar refractivity (Wildman–Crippen MR) is 102 cm³/mol. The lowest BCUT2D eigenvalue weighted by molar-refractivity contribution is 0.211. The molecule has 3 N–H and O–H groups in total. The molecule has 0 amide bonds. The van der Waals surface area contributed by atoms with E-state index in [4.69, 9.17) is 5.73 Å². The van der Waals surface area contributed by atoms with Crippen LogP contribution in [-0.4, -0.2) is 19.7 Å². The number of allylic oxidation sites excluding steroid dienone is 3. The van der Waals surface area contributed by atoms with E-state index in [1.54, 1.807) is 24.3 Å². The van der Waals surface area contributed by atoms with Crippen molar-refractivity contribution in [2.24, 2.45) is 0 Å². The van der Waals surface area contributed by atoms with Crippen molar-refractivity contribution in [3.8, 4) is 0 Å². The number of anilines is 2. The molecule has 1 aliphatic rings. The standard InChI is InChI=1S/C16H15F2N3O2S3/c1-26(22,23)21-11-4-2-3-5-13(11)25-12-6-7-16(18,8-10(12)17)14-9-24-15(19)20-14/h2-7,9,21H,8H2,1H3,(H2,19,20). The summed E-state index contributed by atoms with van der Waals surface area (Å²) < 4.78 is 54.9. The molecule has 5 nitrogen and oxygen atoms in total. The fourth-order valence-corrected chi connectivity index (χ4v) is 4.58. The molecule has 0 saturated carbocycles. The van der Waals surface area contributed by atoms with Gasteiger partial charge in [-0.3, -0.25) is 4.72 Å². The molecule has 26 heavy (non-hydrogen) atoms. The molecule has 1 unspecified atom stereocenters. The highest BCUT2D eigenvalue weighted by Gasteiger charge is 2.36. The third-order valence-electron chi connectivity index (χ3n) is 3.53. The summed E-state index contributed by atoms with van der Waals surface area (Å²) in [7, 11) is -3.48. The number of nitrogen functional groups attached to an aromatic ring is 1. The summed E-state index contributed by atoms with van der Waals surface area (Å²) in [6.07, 6.45) is 3.14. The van der Waals surface area contributed by atoms with Crippen molar-refractivity contribution in [2.45, 2.75) is 17.0 Å². The van der Waals surface area contributed by atoms with Crippen LogP contribution in [0.1, 0.15) is 12.1 Å². The maximum absolute atomic E-state index is 15.0. The van der Waals surface area contributed by atoms with Gasteiger partial charge in [-0.25, -0.2) is 22.2 Å². The molecule has 1 aromatic heterocycles. The highest BCUT2D eigenvalue weighted by molar-refractivity contribution is 8.03. The van der Waals surface area contributed by atoms with Gasteiger partial charge in [0.2, 0.25) is 10.0 Å². The second kappa shape index (κ2) is 7.01. The van der Waals surface area contributed by atoms with Gasteiger partial charge in [0.25, 0.3) is 0 Å². The zero-order chi connectivity index (χ0) is 18.9. The number of hydrogen-bond acceptors (Lipinski definition) is 6. The number of hydrogen-bond donors (Lipinski definition) is 2. The average Bonchev–Trinajstić information content (AvgIpc) is 2.98. The van der Waals surface area contributed by atoms with Gasteiger partial charge in [0.1, 0.15) is 5.83 Å². The molecule has 0 saturated heterocycles. The third kappa shape index (κ3) is 4.25. The topological polar surface area (TPSA) is 85.1 Å². The summed E-state index contributed by atoms with van der Waals surface area (Å²) in [4.78, 5) is 4.62. The van der Waals surface area contributed by atoms with E-state index in [1.807, 2.05) is 0 Å². The average molecular weight is 416 g/mol. The van der Waals surface area contributed by atoms with Gasteiger partial charge in [0.15, 0.2) is 10.8 Å². The Hall–Kier alpha value is -1.91. The molecular formula is C16H15F2N3O2S3. The fourth-order valence-electron chi connectivity index (χ4n) is 2.37. The first-order valence-electron chi connectivity index (χ1n) is 7.39. The molecule has 0 bridgehead atoms. The molecule has 0 aliphatic heterocycles. The third-order valence-corrected chi connectivity index (χ3v) is 5.95. The molecule has 1 atom stereocenters. The SMILES string of the molecule is CS(=O)(=O)Nc1ccccc1SC1=C(F)CC(F)(c2csc(N)n2)C=C1. The van der Waals surface area contributed by atoms with Gasteiger partial charge >= 0.3 is 0 Å². The number of thiazole rings is 1. The number of thioether (sulfide) groups is 1. The van der Waals surface area contributed by atoms with Gasteiger partial charge in [0.05, 0.1) is 17.6 Å². The van der Waals surface area contributed by atoms with Crippen molar-refractivity contribution < 1.29 is 17.2 Å². The smallest absolute Gasteiger partial charge is 0.229 e. The summed E-state index contributed by atoms with van der Waals surface area (Å²) in [5, 5.41) is 1.69. The van der Waals surface area contributed by atoms with E-state index >= 15 is 4.39 Å². The van der Waals surface area contributed by atoms with E-state index in [2.05, 4.69) is 9.71 Å². The van der Waals surface area contributed by atoms with E-state index in [1.165, 1.54) is 17.5 Å². The minimum Gasteiger partial charge on any atom is -0.375 e. The maximum atomic E-state index is 15.0. The summed E-state index contributed by atoms with van der Waals surface area (Å²) in [5.74, 6) is -0.638.